The Bertz CT molecular complexity index is 1730. The Morgan fingerprint density at radius 2 is 1.22 bits per heavy atom. The molecule has 46 heavy (non-hydrogen) atoms. The molecule has 0 bridgehead atoms. The lowest BCUT2D eigenvalue weighted by molar-refractivity contribution is 0.101. The van der Waals surface area contributed by atoms with Crippen LogP contribution in [0.3, 0.4) is 0 Å². The molecule has 1 aliphatic rings. The Kier molecular flexibility index (Phi) is 11.7. The van der Waals surface area contributed by atoms with E-state index in [1.165, 1.54) is 13.4 Å². The molecule has 1 aliphatic carbocycles. The minimum absolute atomic E-state index is 0.0168. The van der Waals surface area contributed by atoms with Crippen LogP contribution in [0.1, 0.15) is 31.8 Å². The number of anilines is 2. The molecule has 0 aliphatic heterocycles. The number of para-hydroxylation sites is 2. The number of ether oxygens (including phenoxy) is 2. The summed E-state index contributed by atoms with van der Waals surface area (Å²) in [6.45, 7) is 1.21. The molecule has 12 nitrogen and oxygen atoms in total. The number of hydrogen-bond donors (Lipinski definition) is 6. The van der Waals surface area contributed by atoms with Gasteiger partial charge in [-0.1, -0.05) is 36.4 Å². The van der Waals surface area contributed by atoms with Gasteiger partial charge in [0.15, 0.2) is 5.96 Å². The molecule has 0 aromatic heterocycles. The van der Waals surface area contributed by atoms with Gasteiger partial charge in [0.25, 0.3) is 11.8 Å². The maximum Gasteiger partial charge on any atom is 0.259 e. The summed E-state index contributed by atoms with van der Waals surface area (Å²) in [7, 11) is 1.50. The van der Waals surface area contributed by atoms with Crippen LogP contribution >= 0.6 is 0 Å². The lowest BCUT2D eigenvalue weighted by Gasteiger charge is -2.12. The third-order valence-electron chi connectivity index (χ3n) is 6.89. The molecule has 0 fully saturated rings. The van der Waals surface area contributed by atoms with Crippen LogP contribution in [0.5, 0.6) is 11.5 Å². The SMILES string of the molecule is CN.NC=NCCOc1ccccc1C(=O)Nc1ccc2c(c1)Cc1cc(NC(=O)c3ccccc3OCCN=C(N)N)ccc1-2. The number of rotatable bonds is 12. The monoisotopic (exact) mass is 622 g/mol. The fraction of sp³-hybridized carbons (Fsp3) is 0.176. The number of amides is 2. The molecule has 238 valence electrons. The molecule has 4 aromatic rings. The lowest BCUT2D eigenvalue weighted by atomic mass is 10.0. The van der Waals surface area contributed by atoms with E-state index in [4.69, 9.17) is 26.7 Å². The van der Waals surface area contributed by atoms with E-state index in [-0.39, 0.29) is 30.9 Å². The van der Waals surface area contributed by atoms with Crippen molar-refractivity contribution in [2.75, 3.05) is 44.0 Å². The highest BCUT2D eigenvalue weighted by Crippen LogP contribution is 2.39. The van der Waals surface area contributed by atoms with Gasteiger partial charge in [0.05, 0.1) is 30.6 Å². The number of nitrogens with two attached hydrogens (primary N) is 4. The van der Waals surface area contributed by atoms with E-state index in [2.05, 4.69) is 26.4 Å². The number of fused-ring (bicyclic) bond motifs is 3. The van der Waals surface area contributed by atoms with Crippen molar-refractivity contribution in [3.8, 4) is 22.6 Å². The fourth-order valence-electron chi connectivity index (χ4n) is 4.94. The molecule has 0 radical (unpaired) electrons. The van der Waals surface area contributed by atoms with Gasteiger partial charge in [-0.05, 0) is 84.3 Å². The predicted molar refractivity (Wildman–Crippen MR) is 183 cm³/mol. The molecule has 0 unspecified atom stereocenters. The average Bonchev–Trinajstić information content (AvgIpc) is 3.43. The maximum atomic E-state index is 13.2. The molecule has 5 rings (SSSR count). The van der Waals surface area contributed by atoms with Crippen molar-refractivity contribution in [3.63, 3.8) is 0 Å². The van der Waals surface area contributed by atoms with Gasteiger partial charge >= 0.3 is 0 Å². The minimum atomic E-state index is -0.292. The van der Waals surface area contributed by atoms with Crippen molar-refractivity contribution in [1.29, 1.82) is 0 Å². The van der Waals surface area contributed by atoms with E-state index in [1.807, 2.05) is 42.5 Å². The summed E-state index contributed by atoms with van der Waals surface area (Å²) >= 11 is 0. The van der Waals surface area contributed by atoms with E-state index in [9.17, 15) is 9.59 Å². The predicted octanol–water partition coefficient (Wildman–Crippen LogP) is 3.36. The number of guanidine groups is 1. The number of aliphatic imine (C=N–C) groups is 2. The van der Waals surface area contributed by atoms with Crippen molar-refractivity contribution >= 4 is 35.5 Å². The van der Waals surface area contributed by atoms with E-state index >= 15 is 0 Å². The second-order valence-corrected chi connectivity index (χ2v) is 9.88. The molecular weight excluding hydrogens is 584 g/mol. The van der Waals surface area contributed by atoms with Crippen LogP contribution in [0.25, 0.3) is 11.1 Å². The Morgan fingerprint density at radius 1 is 0.739 bits per heavy atom. The zero-order valence-electron chi connectivity index (χ0n) is 25.5. The summed E-state index contributed by atoms with van der Waals surface area (Å²) in [5.41, 5.74) is 27.0. The topological polar surface area (TPSA) is 205 Å². The quantitative estimate of drug-likeness (QED) is 0.0689. The number of hydrogen-bond acceptors (Lipinski definition) is 7. The molecule has 10 N–H and O–H groups in total. The summed E-state index contributed by atoms with van der Waals surface area (Å²) < 4.78 is 11.5. The zero-order chi connectivity index (χ0) is 32.9. The Labute approximate surface area is 267 Å². The third-order valence-corrected chi connectivity index (χ3v) is 6.89. The number of carbonyl (C=O) groups is 2. The van der Waals surface area contributed by atoms with Crippen molar-refractivity contribution in [3.05, 3.63) is 107 Å². The van der Waals surface area contributed by atoms with Gasteiger partial charge in [-0.15, -0.1) is 0 Å². The molecule has 0 heterocycles. The van der Waals surface area contributed by atoms with Crippen molar-refractivity contribution in [2.24, 2.45) is 32.9 Å². The van der Waals surface area contributed by atoms with E-state index in [0.29, 0.717) is 53.6 Å². The molecule has 0 spiro atoms. The summed E-state index contributed by atoms with van der Waals surface area (Å²) in [6, 6.07) is 25.7. The van der Waals surface area contributed by atoms with Crippen molar-refractivity contribution in [1.82, 2.24) is 0 Å². The first kappa shape index (κ1) is 33.0. The maximum absolute atomic E-state index is 13.2. The number of nitrogens with one attached hydrogen (secondary N) is 2. The average molecular weight is 623 g/mol. The van der Waals surface area contributed by atoms with Gasteiger partial charge < -0.3 is 43.0 Å². The van der Waals surface area contributed by atoms with Gasteiger partial charge in [0, 0.05) is 11.4 Å². The molecule has 2 amide bonds. The highest BCUT2D eigenvalue weighted by atomic mass is 16.5. The Hall–Kier alpha value is -5.88. The van der Waals surface area contributed by atoms with Gasteiger partial charge in [-0.25, -0.2) is 0 Å². The molecule has 12 heteroatoms. The van der Waals surface area contributed by atoms with Crippen molar-refractivity contribution in [2.45, 2.75) is 6.42 Å². The smallest absolute Gasteiger partial charge is 0.259 e. The van der Waals surface area contributed by atoms with Crippen LogP contribution in [-0.4, -0.2) is 57.5 Å². The van der Waals surface area contributed by atoms with Crippen LogP contribution in [-0.2, 0) is 6.42 Å². The van der Waals surface area contributed by atoms with E-state index in [1.54, 1.807) is 42.5 Å². The molecule has 0 atom stereocenters. The van der Waals surface area contributed by atoms with E-state index < -0.39 is 0 Å². The van der Waals surface area contributed by atoms with Crippen LogP contribution in [0.4, 0.5) is 11.4 Å². The van der Waals surface area contributed by atoms with Gasteiger partial charge in [-0.2, -0.15) is 0 Å². The Balaban J connectivity index is 0.00000235. The molecule has 0 saturated carbocycles. The minimum Gasteiger partial charge on any atom is -0.491 e. The highest BCUT2D eigenvalue weighted by molar-refractivity contribution is 6.07. The summed E-state index contributed by atoms with van der Waals surface area (Å²) in [4.78, 5) is 34.1. The highest BCUT2D eigenvalue weighted by Gasteiger charge is 2.21. The Morgan fingerprint density at radius 3 is 1.70 bits per heavy atom. The van der Waals surface area contributed by atoms with Crippen LogP contribution in [0.2, 0.25) is 0 Å². The molecule has 0 saturated heterocycles. The number of nitrogens with zero attached hydrogens (tertiary/aromatic N) is 2. The number of carbonyl (C=O) groups excluding carboxylic acids is 2. The summed E-state index contributed by atoms with van der Waals surface area (Å²) in [5, 5.41) is 5.96. The lowest BCUT2D eigenvalue weighted by Crippen LogP contribution is -2.23. The first-order valence-corrected chi connectivity index (χ1v) is 14.6. The van der Waals surface area contributed by atoms with Gasteiger partial charge in [0.2, 0.25) is 0 Å². The second kappa shape index (κ2) is 16.3. The normalized spacial score (nSPS) is 11.0. The number of benzene rings is 4. The largest absolute Gasteiger partial charge is 0.491 e. The van der Waals surface area contributed by atoms with E-state index in [0.717, 1.165) is 22.3 Å². The van der Waals surface area contributed by atoms with Gasteiger partial charge in [-0.3, -0.25) is 19.6 Å². The third kappa shape index (κ3) is 8.39. The first-order valence-electron chi connectivity index (χ1n) is 14.6. The zero-order valence-corrected chi connectivity index (χ0v) is 25.5. The van der Waals surface area contributed by atoms with Crippen LogP contribution in [0, 0.1) is 0 Å². The summed E-state index contributed by atoms with van der Waals surface area (Å²) in [6.07, 6.45) is 1.88. The first-order chi connectivity index (χ1) is 22.4. The second-order valence-electron chi connectivity index (χ2n) is 9.88. The molecule has 4 aromatic carbocycles. The molecular formula is C34H38N8O4. The van der Waals surface area contributed by atoms with Crippen molar-refractivity contribution < 1.29 is 19.1 Å². The standard InChI is InChI=1S/C33H33N7O4.CH5N/c34-20-37-13-15-43-29-7-3-1-5-27(29)31(41)39-23-9-11-25-21(18-23)17-22-19-24(10-12-26(22)25)40-32(42)28-6-2-4-8-30(28)44-16-14-38-33(35)36;1-2/h1-12,18-20H,13-17H2,(H2,34,37)(H,39,41)(H,40,42)(H4,35,36,38);2H2,1H3. The summed E-state index contributed by atoms with van der Waals surface area (Å²) in [5.74, 6) is 0.328. The van der Waals surface area contributed by atoms with Gasteiger partial charge in [0.1, 0.15) is 24.7 Å². The van der Waals surface area contributed by atoms with Crippen LogP contribution < -0.4 is 43.0 Å². The van der Waals surface area contributed by atoms with Crippen LogP contribution in [0.15, 0.2) is 94.9 Å². The fourth-order valence-corrected chi connectivity index (χ4v) is 4.94.